The second-order valence-electron chi connectivity index (χ2n) is 6.43. The van der Waals surface area contributed by atoms with Gasteiger partial charge in [0.05, 0.1) is 5.92 Å². The minimum absolute atomic E-state index is 0.228. The van der Waals surface area contributed by atoms with Gasteiger partial charge in [-0.05, 0) is 54.9 Å². The highest BCUT2D eigenvalue weighted by Gasteiger charge is 2.41. The Kier molecular flexibility index (Phi) is 5.12. The molecule has 24 heavy (non-hydrogen) atoms. The van der Waals surface area contributed by atoms with Gasteiger partial charge >= 0.3 is 6.18 Å². The van der Waals surface area contributed by atoms with Crippen LogP contribution in [-0.2, 0) is 6.61 Å². The molecule has 128 valence electrons. The maximum Gasteiger partial charge on any atom is 0.391 e. The Morgan fingerprint density at radius 1 is 0.833 bits per heavy atom. The van der Waals surface area contributed by atoms with Crippen LogP contribution in [0.25, 0.3) is 0 Å². The van der Waals surface area contributed by atoms with E-state index in [9.17, 15) is 13.2 Å². The summed E-state index contributed by atoms with van der Waals surface area (Å²) in [4.78, 5) is 0. The van der Waals surface area contributed by atoms with Gasteiger partial charge < -0.3 is 4.74 Å². The van der Waals surface area contributed by atoms with E-state index in [1.807, 2.05) is 54.6 Å². The van der Waals surface area contributed by atoms with Gasteiger partial charge in [0.25, 0.3) is 0 Å². The molecule has 2 aromatic rings. The van der Waals surface area contributed by atoms with Gasteiger partial charge in [-0.1, -0.05) is 42.5 Å². The SMILES string of the molecule is FC(F)(F)C1CCC(c2ccc(OCc3ccccc3)cc2)CC1. The standard InChI is InChI=1S/C20H21F3O/c21-20(22,23)18-10-6-16(7-11-18)17-8-12-19(13-9-17)24-14-15-4-2-1-3-5-15/h1-5,8-9,12-13,16,18H,6-7,10-11,14H2. The van der Waals surface area contributed by atoms with E-state index in [1.54, 1.807) is 0 Å². The van der Waals surface area contributed by atoms with E-state index in [2.05, 4.69) is 0 Å². The summed E-state index contributed by atoms with van der Waals surface area (Å²) >= 11 is 0. The molecule has 0 aromatic heterocycles. The first-order valence-corrected chi connectivity index (χ1v) is 8.36. The molecule has 0 saturated heterocycles. The molecule has 0 heterocycles. The van der Waals surface area contributed by atoms with Crippen molar-refractivity contribution in [2.24, 2.45) is 5.92 Å². The number of hydrogen-bond donors (Lipinski definition) is 0. The predicted molar refractivity (Wildman–Crippen MR) is 88.0 cm³/mol. The van der Waals surface area contributed by atoms with Crippen LogP contribution in [0, 0.1) is 5.92 Å². The summed E-state index contributed by atoms with van der Waals surface area (Å²) in [5.74, 6) is -0.111. The van der Waals surface area contributed by atoms with Crippen molar-refractivity contribution in [1.82, 2.24) is 0 Å². The van der Waals surface area contributed by atoms with Crippen molar-refractivity contribution in [2.75, 3.05) is 0 Å². The van der Waals surface area contributed by atoms with Crippen molar-refractivity contribution in [3.05, 3.63) is 65.7 Å². The fourth-order valence-electron chi connectivity index (χ4n) is 3.33. The summed E-state index contributed by atoms with van der Waals surface area (Å²) in [5, 5.41) is 0. The molecular formula is C20H21F3O. The highest BCUT2D eigenvalue weighted by Crippen LogP contribution is 2.43. The Labute approximate surface area is 140 Å². The Balaban J connectivity index is 1.53. The zero-order chi connectivity index (χ0) is 17.0. The Bertz CT molecular complexity index is 626. The minimum Gasteiger partial charge on any atom is -0.489 e. The maximum atomic E-state index is 12.7. The van der Waals surface area contributed by atoms with Crippen molar-refractivity contribution < 1.29 is 17.9 Å². The highest BCUT2D eigenvalue weighted by molar-refractivity contribution is 5.30. The smallest absolute Gasteiger partial charge is 0.391 e. The summed E-state index contributed by atoms with van der Waals surface area (Å²) < 4.78 is 43.9. The second-order valence-corrected chi connectivity index (χ2v) is 6.43. The molecule has 0 bridgehead atoms. The number of rotatable bonds is 4. The molecular weight excluding hydrogens is 313 g/mol. The third-order valence-electron chi connectivity index (χ3n) is 4.79. The summed E-state index contributed by atoms with van der Waals surface area (Å²) in [5.41, 5.74) is 2.22. The molecule has 0 amide bonds. The molecule has 1 aliphatic rings. The predicted octanol–water partition coefficient (Wildman–Crippen LogP) is 6.10. The molecule has 1 aliphatic carbocycles. The van der Waals surface area contributed by atoms with Crippen molar-refractivity contribution in [3.63, 3.8) is 0 Å². The van der Waals surface area contributed by atoms with Crippen LogP contribution in [0.5, 0.6) is 5.75 Å². The lowest BCUT2D eigenvalue weighted by atomic mass is 9.78. The molecule has 1 saturated carbocycles. The van der Waals surface area contributed by atoms with E-state index < -0.39 is 12.1 Å². The topological polar surface area (TPSA) is 9.23 Å². The summed E-state index contributed by atoms with van der Waals surface area (Å²) in [6.07, 6.45) is -2.36. The Morgan fingerprint density at radius 3 is 2.04 bits per heavy atom. The fourth-order valence-corrected chi connectivity index (χ4v) is 3.33. The average Bonchev–Trinajstić information content (AvgIpc) is 2.61. The van der Waals surface area contributed by atoms with Crippen LogP contribution in [0.4, 0.5) is 13.2 Å². The third kappa shape index (κ3) is 4.31. The van der Waals surface area contributed by atoms with E-state index in [0.29, 0.717) is 19.4 Å². The quantitative estimate of drug-likeness (QED) is 0.656. The molecule has 0 radical (unpaired) electrons. The normalized spacial score (nSPS) is 21.5. The molecule has 0 aliphatic heterocycles. The number of ether oxygens (including phenoxy) is 1. The van der Waals surface area contributed by atoms with Crippen LogP contribution in [0.1, 0.15) is 42.7 Å². The van der Waals surface area contributed by atoms with Crippen LogP contribution in [0.15, 0.2) is 54.6 Å². The molecule has 1 nitrogen and oxygen atoms in total. The fraction of sp³-hybridized carbons (Fsp3) is 0.400. The molecule has 3 rings (SSSR count). The average molecular weight is 334 g/mol. The Morgan fingerprint density at radius 2 is 1.46 bits per heavy atom. The molecule has 1 fully saturated rings. The molecule has 0 atom stereocenters. The lowest BCUT2D eigenvalue weighted by Gasteiger charge is -2.30. The molecule has 0 N–H and O–H groups in total. The van der Waals surface area contributed by atoms with Gasteiger partial charge in [-0.3, -0.25) is 0 Å². The number of halogens is 3. The molecule has 0 unspecified atom stereocenters. The van der Waals surface area contributed by atoms with E-state index >= 15 is 0 Å². The zero-order valence-corrected chi connectivity index (χ0v) is 13.4. The number of benzene rings is 2. The minimum atomic E-state index is -4.04. The van der Waals surface area contributed by atoms with E-state index in [0.717, 1.165) is 16.9 Å². The van der Waals surface area contributed by atoms with Crippen LogP contribution in [-0.4, -0.2) is 6.18 Å². The van der Waals surface area contributed by atoms with Gasteiger partial charge in [0, 0.05) is 0 Å². The monoisotopic (exact) mass is 334 g/mol. The summed E-state index contributed by atoms with van der Waals surface area (Å²) in [6.45, 7) is 0.511. The van der Waals surface area contributed by atoms with Crippen LogP contribution < -0.4 is 4.74 Å². The van der Waals surface area contributed by atoms with E-state index in [-0.39, 0.29) is 18.8 Å². The van der Waals surface area contributed by atoms with Gasteiger partial charge in [-0.25, -0.2) is 0 Å². The van der Waals surface area contributed by atoms with E-state index in [4.69, 9.17) is 4.74 Å². The second kappa shape index (κ2) is 7.29. The first kappa shape index (κ1) is 16.9. The maximum absolute atomic E-state index is 12.7. The number of alkyl halides is 3. The number of hydrogen-bond acceptors (Lipinski definition) is 1. The third-order valence-corrected chi connectivity index (χ3v) is 4.79. The lowest BCUT2D eigenvalue weighted by Crippen LogP contribution is -2.27. The van der Waals surface area contributed by atoms with Crippen LogP contribution in [0.3, 0.4) is 0 Å². The van der Waals surface area contributed by atoms with Gasteiger partial charge in [0.2, 0.25) is 0 Å². The van der Waals surface area contributed by atoms with Crippen molar-refractivity contribution in [2.45, 2.75) is 44.4 Å². The lowest BCUT2D eigenvalue weighted by molar-refractivity contribution is -0.182. The highest BCUT2D eigenvalue weighted by atomic mass is 19.4. The first-order chi connectivity index (χ1) is 11.5. The first-order valence-electron chi connectivity index (χ1n) is 8.36. The van der Waals surface area contributed by atoms with E-state index in [1.165, 1.54) is 0 Å². The largest absolute Gasteiger partial charge is 0.489 e. The van der Waals surface area contributed by atoms with Crippen molar-refractivity contribution in [3.8, 4) is 5.75 Å². The summed E-state index contributed by atoms with van der Waals surface area (Å²) in [6, 6.07) is 17.7. The van der Waals surface area contributed by atoms with Gasteiger partial charge in [0.15, 0.2) is 0 Å². The molecule has 0 spiro atoms. The van der Waals surface area contributed by atoms with Crippen LogP contribution in [0.2, 0.25) is 0 Å². The Hall–Kier alpha value is -1.97. The summed E-state index contributed by atoms with van der Waals surface area (Å²) in [7, 11) is 0. The van der Waals surface area contributed by atoms with Gasteiger partial charge in [0.1, 0.15) is 12.4 Å². The van der Waals surface area contributed by atoms with Gasteiger partial charge in [-0.2, -0.15) is 13.2 Å². The zero-order valence-electron chi connectivity index (χ0n) is 13.4. The van der Waals surface area contributed by atoms with Gasteiger partial charge in [-0.15, -0.1) is 0 Å². The van der Waals surface area contributed by atoms with Crippen molar-refractivity contribution >= 4 is 0 Å². The van der Waals surface area contributed by atoms with Crippen molar-refractivity contribution in [1.29, 1.82) is 0 Å². The van der Waals surface area contributed by atoms with Crippen LogP contribution >= 0.6 is 0 Å². The molecule has 2 aromatic carbocycles. The molecule has 4 heteroatoms.